The molecule has 0 spiro atoms. The summed E-state index contributed by atoms with van der Waals surface area (Å²) < 4.78 is 12.9. The van der Waals surface area contributed by atoms with Crippen molar-refractivity contribution in [2.75, 3.05) is 10.6 Å². The van der Waals surface area contributed by atoms with E-state index in [2.05, 4.69) is 20.8 Å². The molecule has 2 aromatic carbocycles. The summed E-state index contributed by atoms with van der Waals surface area (Å²) >= 11 is 1.15. The third-order valence-electron chi connectivity index (χ3n) is 3.66. The van der Waals surface area contributed by atoms with Crippen molar-refractivity contribution in [2.24, 2.45) is 0 Å². The monoisotopic (exact) mass is 384 g/mol. The van der Waals surface area contributed by atoms with Crippen LogP contribution < -0.4 is 10.6 Å². The zero-order chi connectivity index (χ0) is 19.2. The van der Waals surface area contributed by atoms with Crippen molar-refractivity contribution in [3.8, 4) is 0 Å². The van der Waals surface area contributed by atoms with E-state index in [1.165, 1.54) is 24.3 Å². The Kier molecular flexibility index (Phi) is 5.87. The van der Waals surface area contributed by atoms with Gasteiger partial charge in [-0.3, -0.25) is 9.59 Å². The van der Waals surface area contributed by atoms with E-state index >= 15 is 0 Å². The van der Waals surface area contributed by atoms with Crippen LogP contribution in [0.25, 0.3) is 0 Å². The van der Waals surface area contributed by atoms with Crippen LogP contribution in [0.2, 0.25) is 0 Å². The van der Waals surface area contributed by atoms with Crippen molar-refractivity contribution in [3.05, 3.63) is 69.9 Å². The lowest BCUT2D eigenvalue weighted by Gasteiger charge is -2.03. The number of benzene rings is 2. The number of anilines is 2. The number of hydrogen-bond acceptors (Lipinski definition) is 5. The van der Waals surface area contributed by atoms with Gasteiger partial charge in [-0.25, -0.2) is 4.39 Å². The van der Waals surface area contributed by atoms with Crippen LogP contribution in [-0.4, -0.2) is 22.0 Å². The molecule has 6 nitrogen and oxygen atoms in total. The minimum absolute atomic E-state index is 0.186. The standard InChI is InChI=1S/C19H17FN4O2S/c1-12-2-6-15(7-3-12)22-18(26)19-24-23-17(27-19)11-10-16(25)21-14-8-4-13(20)5-9-14/h2-9H,10-11H2,1H3,(H,21,25)(H,22,26). The Morgan fingerprint density at radius 1 is 0.963 bits per heavy atom. The zero-order valence-electron chi connectivity index (χ0n) is 14.5. The molecule has 1 heterocycles. The number of nitrogens with zero attached hydrogens (tertiary/aromatic N) is 2. The molecule has 0 aliphatic rings. The number of aromatic nitrogens is 2. The smallest absolute Gasteiger partial charge is 0.286 e. The highest BCUT2D eigenvalue weighted by molar-refractivity contribution is 7.13. The summed E-state index contributed by atoms with van der Waals surface area (Å²) in [6.45, 7) is 1.97. The average molecular weight is 384 g/mol. The summed E-state index contributed by atoms with van der Waals surface area (Å²) in [6, 6.07) is 13.0. The minimum atomic E-state index is -0.363. The second-order valence-electron chi connectivity index (χ2n) is 5.88. The van der Waals surface area contributed by atoms with Crippen molar-refractivity contribution in [1.29, 1.82) is 0 Å². The summed E-state index contributed by atoms with van der Waals surface area (Å²) in [4.78, 5) is 24.2. The number of hydrogen-bond donors (Lipinski definition) is 2. The first-order valence-electron chi connectivity index (χ1n) is 8.25. The van der Waals surface area contributed by atoms with Gasteiger partial charge in [0.05, 0.1) is 0 Å². The van der Waals surface area contributed by atoms with Crippen molar-refractivity contribution in [2.45, 2.75) is 19.8 Å². The molecule has 27 heavy (non-hydrogen) atoms. The van der Waals surface area contributed by atoms with Gasteiger partial charge in [0.15, 0.2) is 0 Å². The van der Waals surface area contributed by atoms with Crippen LogP contribution in [0.5, 0.6) is 0 Å². The van der Waals surface area contributed by atoms with E-state index in [1.54, 1.807) is 0 Å². The van der Waals surface area contributed by atoms with E-state index < -0.39 is 0 Å². The molecular formula is C19H17FN4O2S. The third-order valence-corrected chi connectivity index (χ3v) is 4.65. The maximum Gasteiger partial charge on any atom is 0.286 e. The molecule has 0 radical (unpaired) electrons. The van der Waals surface area contributed by atoms with Gasteiger partial charge >= 0.3 is 0 Å². The summed E-state index contributed by atoms with van der Waals surface area (Å²) in [5.41, 5.74) is 2.31. The van der Waals surface area contributed by atoms with E-state index in [-0.39, 0.29) is 29.1 Å². The summed E-state index contributed by atoms with van der Waals surface area (Å²) in [7, 11) is 0. The molecular weight excluding hydrogens is 367 g/mol. The fourth-order valence-corrected chi connectivity index (χ4v) is 2.98. The SMILES string of the molecule is Cc1ccc(NC(=O)c2nnc(CCC(=O)Nc3ccc(F)cc3)s2)cc1. The maximum absolute atomic E-state index is 12.9. The molecule has 0 saturated heterocycles. The molecule has 8 heteroatoms. The van der Waals surface area contributed by atoms with Crippen LogP contribution in [0.4, 0.5) is 15.8 Å². The number of rotatable bonds is 6. The molecule has 138 valence electrons. The molecule has 0 atom stereocenters. The van der Waals surface area contributed by atoms with Crippen LogP contribution in [0.3, 0.4) is 0 Å². The molecule has 0 aliphatic carbocycles. The van der Waals surface area contributed by atoms with Crippen molar-refractivity contribution in [3.63, 3.8) is 0 Å². The first-order chi connectivity index (χ1) is 13.0. The highest BCUT2D eigenvalue weighted by Gasteiger charge is 2.14. The normalized spacial score (nSPS) is 10.4. The fourth-order valence-electron chi connectivity index (χ4n) is 2.25. The van der Waals surface area contributed by atoms with Gasteiger partial charge in [-0.05, 0) is 43.3 Å². The van der Waals surface area contributed by atoms with Crippen molar-refractivity contribution < 1.29 is 14.0 Å². The van der Waals surface area contributed by atoms with Gasteiger partial charge in [-0.1, -0.05) is 29.0 Å². The van der Waals surface area contributed by atoms with Crippen molar-refractivity contribution in [1.82, 2.24) is 10.2 Å². The molecule has 0 fully saturated rings. The van der Waals surface area contributed by atoms with Crippen LogP contribution in [0.15, 0.2) is 48.5 Å². The lowest BCUT2D eigenvalue weighted by Crippen LogP contribution is -2.12. The van der Waals surface area contributed by atoms with Crippen LogP contribution in [0, 0.1) is 12.7 Å². The Morgan fingerprint density at radius 2 is 1.59 bits per heavy atom. The number of carbonyl (C=O) groups excluding carboxylic acids is 2. The third kappa shape index (κ3) is 5.42. The Morgan fingerprint density at radius 3 is 2.30 bits per heavy atom. The van der Waals surface area contributed by atoms with E-state index in [1.807, 2.05) is 31.2 Å². The zero-order valence-corrected chi connectivity index (χ0v) is 15.3. The second-order valence-corrected chi connectivity index (χ2v) is 6.94. The number of amides is 2. The summed E-state index contributed by atoms with van der Waals surface area (Å²) in [5.74, 6) is -0.917. The summed E-state index contributed by atoms with van der Waals surface area (Å²) in [5, 5.41) is 14.1. The molecule has 0 saturated carbocycles. The quantitative estimate of drug-likeness (QED) is 0.677. The predicted molar refractivity (Wildman–Crippen MR) is 102 cm³/mol. The van der Waals surface area contributed by atoms with Crippen LogP contribution >= 0.6 is 11.3 Å². The Balaban J connectivity index is 1.51. The number of nitrogens with one attached hydrogen (secondary N) is 2. The molecule has 2 N–H and O–H groups in total. The predicted octanol–water partition coefficient (Wildman–Crippen LogP) is 3.81. The van der Waals surface area contributed by atoms with Gasteiger partial charge in [-0.2, -0.15) is 0 Å². The highest BCUT2D eigenvalue weighted by atomic mass is 32.1. The highest BCUT2D eigenvalue weighted by Crippen LogP contribution is 2.16. The number of carbonyl (C=O) groups is 2. The number of aryl methyl sites for hydroxylation is 2. The number of halogens is 1. The minimum Gasteiger partial charge on any atom is -0.326 e. The van der Waals surface area contributed by atoms with E-state index in [0.29, 0.717) is 22.8 Å². The lowest BCUT2D eigenvalue weighted by atomic mass is 10.2. The van der Waals surface area contributed by atoms with E-state index in [0.717, 1.165) is 16.9 Å². The second kappa shape index (κ2) is 8.50. The first-order valence-corrected chi connectivity index (χ1v) is 9.07. The van der Waals surface area contributed by atoms with Gasteiger partial charge in [0.1, 0.15) is 10.8 Å². The van der Waals surface area contributed by atoms with Gasteiger partial charge in [0.2, 0.25) is 10.9 Å². The van der Waals surface area contributed by atoms with Crippen LogP contribution in [-0.2, 0) is 11.2 Å². The van der Waals surface area contributed by atoms with Crippen LogP contribution in [0.1, 0.15) is 26.8 Å². The fraction of sp³-hybridized carbons (Fsp3) is 0.158. The van der Waals surface area contributed by atoms with Gasteiger partial charge in [0, 0.05) is 24.2 Å². The van der Waals surface area contributed by atoms with Gasteiger partial charge in [0.25, 0.3) is 5.91 Å². The topological polar surface area (TPSA) is 84.0 Å². The molecule has 1 aromatic heterocycles. The Labute approximate surface area is 159 Å². The molecule has 3 rings (SSSR count). The summed E-state index contributed by atoms with van der Waals surface area (Å²) in [6.07, 6.45) is 0.550. The average Bonchev–Trinajstić information content (AvgIpc) is 3.13. The maximum atomic E-state index is 12.9. The Bertz CT molecular complexity index is 939. The van der Waals surface area contributed by atoms with Gasteiger partial charge < -0.3 is 10.6 Å². The molecule has 0 unspecified atom stereocenters. The van der Waals surface area contributed by atoms with E-state index in [4.69, 9.17) is 0 Å². The van der Waals surface area contributed by atoms with Gasteiger partial charge in [-0.15, -0.1) is 10.2 Å². The van der Waals surface area contributed by atoms with Crippen molar-refractivity contribution >= 4 is 34.5 Å². The molecule has 3 aromatic rings. The largest absolute Gasteiger partial charge is 0.326 e. The Hall–Kier alpha value is -3.13. The first kappa shape index (κ1) is 18.7. The molecule has 0 aliphatic heterocycles. The molecule has 0 bridgehead atoms. The molecule has 2 amide bonds. The lowest BCUT2D eigenvalue weighted by molar-refractivity contribution is -0.116. The van der Waals surface area contributed by atoms with E-state index in [9.17, 15) is 14.0 Å².